The monoisotopic (exact) mass is 345 g/mol. The third-order valence-electron chi connectivity index (χ3n) is 4.23. The van der Waals surface area contributed by atoms with E-state index in [1.165, 1.54) is 30.2 Å². The summed E-state index contributed by atoms with van der Waals surface area (Å²) in [5, 5.41) is 3.33. The van der Waals surface area contributed by atoms with Gasteiger partial charge < -0.3 is 5.32 Å². The van der Waals surface area contributed by atoms with Gasteiger partial charge in [0, 0.05) is 25.2 Å². The minimum Gasteiger partial charge on any atom is -0.326 e. The average molecular weight is 345 g/mol. The summed E-state index contributed by atoms with van der Waals surface area (Å²) in [6.45, 7) is 3.67. The molecule has 0 aliphatic carbocycles. The van der Waals surface area contributed by atoms with Crippen molar-refractivity contribution in [3.05, 3.63) is 29.8 Å². The van der Waals surface area contributed by atoms with Gasteiger partial charge >= 0.3 is 0 Å². The Morgan fingerprint density at radius 1 is 1.38 bits per heavy atom. The van der Waals surface area contributed by atoms with Crippen LogP contribution >= 0.6 is 11.8 Å². The zero-order valence-corrected chi connectivity index (χ0v) is 14.8. The number of aliphatic imine (C=N–C) groups is 1. The number of thioether (sulfide) groups is 1. The normalized spacial score (nSPS) is 19.9. The van der Waals surface area contributed by atoms with Gasteiger partial charge in [-0.2, -0.15) is 0 Å². The van der Waals surface area contributed by atoms with Gasteiger partial charge in [0.15, 0.2) is 5.17 Å². The van der Waals surface area contributed by atoms with E-state index < -0.39 is 0 Å². The molecule has 2 aliphatic heterocycles. The van der Waals surface area contributed by atoms with Crippen LogP contribution in [0.3, 0.4) is 0 Å². The first-order valence-corrected chi connectivity index (χ1v) is 9.46. The van der Waals surface area contributed by atoms with Gasteiger partial charge in [-0.05, 0) is 37.0 Å². The van der Waals surface area contributed by atoms with Gasteiger partial charge in [0.1, 0.15) is 5.25 Å². The fourth-order valence-electron chi connectivity index (χ4n) is 2.89. The van der Waals surface area contributed by atoms with Gasteiger partial charge in [-0.1, -0.05) is 37.2 Å². The molecular formula is C18H23N3O2S. The van der Waals surface area contributed by atoms with Gasteiger partial charge in [0.2, 0.25) is 11.8 Å². The minimum atomic E-state index is -0.342. The summed E-state index contributed by atoms with van der Waals surface area (Å²) in [5.41, 5.74) is 2.07. The van der Waals surface area contributed by atoms with Crippen molar-refractivity contribution < 1.29 is 9.59 Å². The number of amides is 2. The van der Waals surface area contributed by atoms with E-state index in [4.69, 9.17) is 0 Å². The van der Waals surface area contributed by atoms with Gasteiger partial charge in [-0.15, -0.1) is 0 Å². The number of nitrogens with zero attached hydrogens (tertiary/aromatic N) is 2. The molecule has 3 rings (SSSR count). The highest BCUT2D eigenvalue weighted by atomic mass is 32.2. The molecule has 2 amide bonds. The summed E-state index contributed by atoms with van der Waals surface area (Å²) < 4.78 is 0. The molecule has 5 nitrogen and oxygen atoms in total. The fraction of sp³-hybridized carbons (Fsp3) is 0.500. The highest BCUT2D eigenvalue weighted by Crippen LogP contribution is 2.31. The number of benzene rings is 1. The number of carbonyl (C=O) groups is 2. The number of unbranched alkanes of at least 4 members (excludes halogenated alkanes) is 1. The van der Waals surface area contributed by atoms with Crippen LogP contribution in [0, 0.1) is 0 Å². The van der Waals surface area contributed by atoms with Crippen LogP contribution in [0.15, 0.2) is 29.3 Å². The van der Waals surface area contributed by atoms with Crippen LogP contribution in [0.5, 0.6) is 0 Å². The van der Waals surface area contributed by atoms with Crippen molar-refractivity contribution >= 4 is 34.4 Å². The SMILES string of the molecule is CCCCc1ccc(NC(=O)CC2SC3=NCCCN3C2=O)cc1. The summed E-state index contributed by atoms with van der Waals surface area (Å²) in [5.74, 6) is -0.105. The molecule has 0 saturated carbocycles. The Labute approximate surface area is 146 Å². The Bertz CT molecular complexity index is 642. The largest absolute Gasteiger partial charge is 0.326 e. The standard InChI is InChI=1S/C18H23N3O2S/c1-2-3-5-13-6-8-14(9-7-13)20-16(22)12-15-17(23)21-11-4-10-19-18(21)24-15/h6-9,15H,2-5,10-12H2,1H3,(H,20,22). The predicted molar refractivity (Wildman–Crippen MR) is 98.3 cm³/mol. The van der Waals surface area contributed by atoms with Gasteiger partial charge in [0.05, 0.1) is 0 Å². The second kappa shape index (κ2) is 7.83. The third-order valence-corrected chi connectivity index (χ3v) is 5.45. The van der Waals surface area contributed by atoms with Crippen molar-refractivity contribution in [3.8, 4) is 0 Å². The molecule has 1 aromatic rings. The molecule has 2 aliphatic rings. The first kappa shape index (κ1) is 17.0. The van der Waals surface area contributed by atoms with E-state index in [1.807, 2.05) is 12.1 Å². The van der Waals surface area contributed by atoms with Crippen LogP contribution in [0.2, 0.25) is 0 Å². The molecule has 1 saturated heterocycles. The Morgan fingerprint density at radius 2 is 2.17 bits per heavy atom. The zero-order chi connectivity index (χ0) is 16.9. The molecule has 1 N–H and O–H groups in total. The van der Waals surface area contributed by atoms with Gasteiger partial charge in [-0.25, -0.2) is 0 Å². The Hall–Kier alpha value is -1.82. The molecule has 0 aromatic heterocycles. The molecule has 1 fully saturated rings. The van der Waals surface area contributed by atoms with E-state index in [1.54, 1.807) is 4.90 Å². The molecule has 1 unspecified atom stereocenters. The number of aryl methyl sites for hydroxylation is 1. The maximum Gasteiger partial charge on any atom is 0.242 e. The first-order valence-electron chi connectivity index (χ1n) is 8.58. The van der Waals surface area contributed by atoms with Gasteiger partial charge in [0.25, 0.3) is 0 Å². The lowest BCUT2D eigenvalue weighted by molar-refractivity contribution is -0.128. The highest BCUT2D eigenvalue weighted by molar-refractivity contribution is 8.15. The number of carbonyl (C=O) groups excluding carboxylic acids is 2. The number of hydrogen-bond donors (Lipinski definition) is 1. The summed E-state index contributed by atoms with van der Waals surface area (Å²) in [7, 11) is 0. The number of rotatable bonds is 6. The lowest BCUT2D eigenvalue weighted by Gasteiger charge is -2.19. The van der Waals surface area contributed by atoms with Crippen LogP contribution < -0.4 is 5.32 Å². The van der Waals surface area contributed by atoms with Crippen LogP contribution in [-0.4, -0.2) is 40.2 Å². The molecular weight excluding hydrogens is 322 g/mol. The Kier molecular flexibility index (Phi) is 5.56. The van der Waals surface area contributed by atoms with Crippen LogP contribution in [0.1, 0.15) is 38.2 Å². The van der Waals surface area contributed by atoms with E-state index >= 15 is 0 Å². The molecule has 24 heavy (non-hydrogen) atoms. The van der Waals surface area contributed by atoms with E-state index in [-0.39, 0.29) is 23.5 Å². The average Bonchev–Trinajstić information content (AvgIpc) is 2.90. The van der Waals surface area contributed by atoms with Crippen LogP contribution in [0.25, 0.3) is 0 Å². The molecule has 1 aromatic carbocycles. The third kappa shape index (κ3) is 3.98. The molecule has 128 valence electrons. The Balaban J connectivity index is 1.53. The zero-order valence-electron chi connectivity index (χ0n) is 14.0. The highest BCUT2D eigenvalue weighted by Gasteiger charge is 2.39. The molecule has 0 bridgehead atoms. The minimum absolute atomic E-state index is 0.0171. The quantitative estimate of drug-likeness (QED) is 0.862. The molecule has 2 heterocycles. The van der Waals surface area contributed by atoms with Gasteiger partial charge in [-0.3, -0.25) is 19.5 Å². The van der Waals surface area contributed by atoms with E-state index in [2.05, 4.69) is 29.4 Å². The number of nitrogens with one attached hydrogen (secondary N) is 1. The maximum absolute atomic E-state index is 12.3. The molecule has 0 radical (unpaired) electrons. The predicted octanol–water partition coefficient (Wildman–Crippen LogP) is 3.06. The maximum atomic E-state index is 12.3. The van der Waals surface area contributed by atoms with Crippen molar-refractivity contribution in [2.45, 2.75) is 44.3 Å². The smallest absolute Gasteiger partial charge is 0.242 e. The number of anilines is 1. The van der Waals surface area contributed by atoms with E-state index in [0.29, 0.717) is 0 Å². The molecule has 1 atom stereocenters. The number of amidine groups is 1. The topological polar surface area (TPSA) is 61.8 Å². The van der Waals surface area contributed by atoms with Crippen molar-refractivity contribution in [1.82, 2.24) is 4.90 Å². The lowest BCUT2D eigenvalue weighted by atomic mass is 10.1. The fourth-order valence-corrected chi connectivity index (χ4v) is 4.08. The van der Waals surface area contributed by atoms with E-state index in [0.717, 1.165) is 36.8 Å². The summed E-state index contributed by atoms with van der Waals surface area (Å²) in [4.78, 5) is 30.6. The van der Waals surface area contributed by atoms with Crippen LogP contribution in [0.4, 0.5) is 5.69 Å². The summed E-state index contributed by atoms with van der Waals surface area (Å²) in [6, 6.07) is 7.96. The van der Waals surface area contributed by atoms with Crippen molar-refractivity contribution in [1.29, 1.82) is 0 Å². The van der Waals surface area contributed by atoms with Crippen molar-refractivity contribution in [2.75, 3.05) is 18.4 Å². The summed E-state index contributed by atoms with van der Waals surface area (Å²) in [6.07, 6.45) is 4.51. The summed E-state index contributed by atoms with van der Waals surface area (Å²) >= 11 is 1.42. The Morgan fingerprint density at radius 3 is 2.88 bits per heavy atom. The number of hydrogen-bond acceptors (Lipinski definition) is 4. The van der Waals surface area contributed by atoms with Crippen LogP contribution in [-0.2, 0) is 16.0 Å². The second-order valence-electron chi connectivity index (χ2n) is 6.17. The van der Waals surface area contributed by atoms with Crippen molar-refractivity contribution in [2.24, 2.45) is 4.99 Å². The molecule has 6 heteroatoms. The first-order chi connectivity index (χ1) is 11.7. The lowest BCUT2D eigenvalue weighted by Crippen LogP contribution is -2.36. The second-order valence-corrected chi connectivity index (χ2v) is 7.34. The van der Waals surface area contributed by atoms with E-state index in [9.17, 15) is 9.59 Å². The number of fused-ring (bicyclic) bond motifs is 1. The molecule has 0 spiro atoms. The van der Waals surface area contributed by atoms with Crippen molar-refractivity contribution in [3.63, 3.8) is 0 Å².